The molecular formula is C26H32N2O6. The van der Waals surface area contributed by atoms with Crippen molar-refractivity contribution >= 4 is 11.9 Å². The van der Waals surface area contributed by atoms with E-state index in [4.69, 9.17) is 18.9 Å². The van der Waals surface area contributed by atoms with E-state index < -0.39 is 0 Å². The minimum absolute atomic E-state index is 0.145. The Labute approximate surface area is 200 Å². The van der Waals surface area contributed by atoms with Gasteiger partial charge in [0.15, 0.2) is 17.3 Å². The molecule has 2 aromatic rings. The van der Waals surface area contributed by atoms with Crippen LogP contribution in [0.2, 0.25) is 0 Å². The van der Waals surface area contributed by atoms with E-state index in [0.29, 0.717) is 51.8 Å². The summed E-state index contributed by atoms with van der Waals surface area (Å²) in [7, 11) is 4.65. The number of allylic oxidation sites excluding steroid dienone is 1. The number of aromatic hydroxyl groups is 1. The summed E-state index contributed by atoms with van der Waals surface area (Å²) in [6.07, 6.45) is 1.64. The van der Waals surface area contributed by atoms with Gasteiger partial charge >= 0.3 is 0 Å². The van der Waals surface area contributed by atoms with Crippen LogP contribution < -0.4 is 18.9 Å². The Kier molecular flexibility index (Phi) is 7.00. The maximum atomic E-state index is 13.3. The Hall–Kier alpha value is -3.23. The highest BCUT2D eigenvalue weighted by Gasteiger charge is 2.34. The number of carbonyl (C=O) groups excluding carboxylic acids is 1. The first-order chi connectivity index (χ1) is 16.4. The molecule has 0 atom stereocenters. The highest BCUT2D eigenvalue weighted by atomic mass is 16.5. The maximum absolute atomic E-state index is 13.3. The van der Waals surface area contributed by atoms with Crippen molar-refractivity contribution in [2.45, 2.75) is 20.4 Å². The number of methoxy groups -OCH3 is 3. The van der Waals surface area contributed by atoms with Crippen molar-refractivity contribution in [2.75, 3.05) is 54.1 Å². The second kappa shape index (κ2) is 9.95. The number of phenols is 1. The lowest BCUT2D eigenvalue weighted by molar-refractivity contribution is 0.101. The summed E-state index contributed by atoms with van der Waals surface area (Å²) in [6, 6.07) is 5.09. The van der Waals surface area contributed by atoms with Gasteiger partial charge in [0, 0.05) is 44.4 Å². The molecular weight excluding hydrogens is 436 g/mol. The summed E-state index contributed by atoms with van der Waals surface area (Å²) in [5.41, 5.74) is 2.43. The molecule has 0 aromatic heterocycles. The van der Waals surface area contributed by atoms with Gasteiger partial charge in [-0.15, -0.1) is 0 Å². The second-order valence-corrected chi connectivity index (χ2v) is 8.49. The van der Waals surface area contributed by atoms with Crippen LogP contribution in [0.4, 0.5) is 0 Å². The van der Waals surface area contributed by atoms with Crippen molar-refractivity contribution in [1.82, 2.24) is 9.80 Å². The lowest BCUT2D eigenvalue weighted by atomic mass is 9.99. The van der Waals surface area contributed by atoms with Gasteiger partial charge in [-0.3, -0.25) is 9.69 Å². The van der Waals surface area contributed by atoms with Crippen molar-refractivity contribution in [3.05, 3.63) is 46.2 Å². The highest BCUT2D eigenvalue weighted by Crippen LogP contribution is 2.43. The summed E-state index contributed by atoms with van der Waals surface area (Å²) >= 11 is 0. The molecule has 1 fully saturated rings. The number of rotatable bonds is 7. The maximum Gasteiger partial charge on any atom is 0.232 e. The summed E-state index contributed by atoms with van der Waals surface area (Å²) in [6.45, 7) is 9.28. The van der Waals surface area contributed by atoms with Crippen LogP contribution in [0.1, 0.15) is 34.0 Å². The van der Waals surface area contributed by atoms with E-state index in [-0.39, 0.29) is 17.3 Å². The predicted molar refractivity (Wildman–Crippen MR) is 129 cm³/mol. The standard InChI is InChI=1S/C26H32N2O6/c1-6-27-7-9-28(10-8-27)15-18-19(29)11-16(2)24-25(30)23(34-26(18)24)13-17-12-21(32-4)22(33-5)14-20(17)31-3/h11-14,29H,6-10,15H2,1-5H3/b23-13-. The van der Waals surface area contributed by atoms with Crippen LogP contribution in [-0.4, -0.2) is 74.7 Å². The third kappa shape index (κ3) is 4.43. The Morgan fingerprint density at radius 2 is 1.59 bits per heavy atom. The number of piperazine rings is 1. The Balaban J connectivity index is 1.68. The summed E-state index contributed by atoms with van der Waals surface area (Å²) in [4.78, 5) is 18.0. The molecule has 0 unspecified atom stereocenters. The van der Waals surface area contributed by atoms with E-state index in [1.165, 1.54) is 0 Å². The molecule has 8 nitrogen and oxygen atoms in total. The fraction of sp³-hybridized carbons (Fsp3) is 0.423. The quantitative estimate of drug-likeness (QED) is 0.619. The lowest BCUT2D eigenvalue weighted by Crippen LogP contribution is -2.45. The first-order valence-electron chi connectivity index (χ1n) is 11.4. The van der Waals surface area contributed by atoms with Gasteiger partial charge in [0.2, 0.25) is 5.78 Å². The Morgan fingerprint density at radius 1 is 0.971 bits per heavy atom. The topological polar surface area (TPSA) is 80.7 Å². The summed E-state index contributed by atoms with van der Waals surface area (Å²) in [5.74, 6) is 2.09. The average molecular weight is 469 g/mol. The molecule has 2 aromatic carbocycles. The number of nitrogens with zero attached hydrogens (tertiary/aromatic N) is 2. The number of Topliss-reactive ketones (excluding diaryl/α,β-unsaturated/α-hetero) is 1. The van der Waals surface area contributed by atoms with Gasteiger partial charge in [0.05, 0.1) is 32.5 Å². The van der Waals surface area contributed by atoms with Crippen molar-refractivity contribution < 1.29 is 28.8 Å². The molecule has 0 radical (unpaired) electrons. The average Bonchev–Trinajstić information content (AvgIpc) is 3.17. The fourth-order valence-electron chi connectivity index (χ4n) is 4.53. The number of phenolic OH excluding ortho intramolecular Hbond substituents is 1. The van der Waals surface area contributed by atoms with E-state index in [1.54, 1.807) is 45.6 Å². The molecule has 0 amide bonds. The summed E-state index contributed by atoms with van der Waals surface area (Å²) in [5, 5.41) is 10.8. The van der Waals surface area contributed by atoms with E-state index in [0.717, 1.165) is 32.7 Å². The Morgan fingerprint density at radius 3 is 2.21 bits per heavy atom. The van der Waals surface area contributed by atoms with Gasteiger partial charge in [-0.05, 0) is 37.2 Å². The Bertz CT molecular complexity index is 1120. The highest BCUT2D eigenvalue weighted by molar-refractivity contribution is 6.16. The number of fused-ring (bicyclic) bond motifs is 1. The molecule has 1 N–H and O–H groups in total. The molecule has 0 aliphatic carbocycles. The van der Waals surface area contributed by atoms with E-state index >= 15 is 0 Å². The number of hydrogen-bond acceptors (Lipinski definition) is 8. The fourth-order valence-corrected chi connectivity index (χ4v) is 4.53. The number of likely N-dealkylation sites (N-methyl/N-ethyl adjacent to an activating group) is 1. The molecule has 1 saturated heterocycles. The molecule has 0 saturated carbocycles. The molecule has 2 aliphatic rings. The molecule has 34 heavy (non-hydrogen) atoms. The van der Waals surface area contributed by atoms with Gasteiger partial charge in [-0.25, -0.2) is 0 Å². The van der Waals surface area contributed by atoms with Gasteiger partial charge in [-0.1, -0.05) is 6.92 Å². The third-order valence-corrected chi connectivity index (χ3v) is 6.54. The lowest BCUT2D eigenvalue weighted by Gasteiger charge is -2.34. The zero-order valence-electron chi connectivity index (χ0n) is 20.4. The zero-order chi connectivity index (χ0) is 24.4. The minimum atomic E-state index is -0.221. The van der Waals surface area contributed by atoms with Gasteiger partial charge < -0.3 is 29.0 Å². The normalized spacial score (nSPS) is 17.6. The van der Waals surface area contributed by atoms with Crippen LogP contribution in [0.3, 0.4) is 0 Å². The molecule has 8 heteroatoms. The molecule has 0 spiro atoms. The van der Waals surface area contributed by atoms with Crippen molar-refractivity contribution in [2.24, 2.45) is 0 Å². The van der Waals surface area contributed by atoms with E-state index in [2.05, 4.69) is 16.7 Å². The molecule has 0 bridgehead atoms. The third-order valence-electron chi connectivity index (χ3n) is 6.54. The van der Waals surface area contributed by atoms with Gasteiger partial charge in [0.25, 0.3) is 0 Å². The van der Waals surface area contributed by atoms with Gasteiger partial charge in [0.1, 0.15) is 17.2 Å². The molecule has 2 heterocycles. The first kappa shape index (κ1) is 23.9. The number of ether oxygens (including phenoxy) is 4. The van der Waals surface area contributed by atoms with Crippen LogP contribution in [-0.2, 0) is 6.54 Å². The minimum Gasteiger partial charge on any atom is -0.507 e. The van der Waals surface area contributed by atoms with Crippen molar-refractivity contribution in [1.29, 1.82) is 0 Å². The SMILES string of the molecule is CCN1CCN(Cc2c(O)cc(C)c3c2O/C(=C\c2cc(OC)c(OC)cc2OC)C3=O)CC1. The molecule has 182 valence electrons. The molecule has 2 aliphatic heterocycles. The smallest absolute Gasteiger partial charge is 0.232 e. The zero-order valence-corrected chi connectivity index (χ0v) is 20.4. The number of benzene rings is 2. The number of carbonyl (C=O) groups is 1. The van der Waals surface area contributed by atoms with Crippen LogP contribution in [0.25, 0.3) is 6.08 Å². The number of ketones is 1. The molecule has 4 rings (SSSR count). The van der Waals surface area contributed by atoms with Crippen LogP contribution in [0.15, 0.2) is 24.0 Å². The van der Waals surface area contributed by atoms with Gasteiger partial charge in [-0.2, -0.15) is 0 Å². The van der Waals surface area contributed by atoms with Crippen molar-refractivity contribution in [3.8, 4) is 28.7 Å². The largest absolute Gasteiger partial charge is 0.507 e. The van der Waals surface area contributed by atoms with Crippen LogP contribution >= 0.6 is 0 Å². The monoisotopic (exact) mass is 468 g/mol. The second-order valence-electron chi connectivity index (χ2n) is 8.49. The number of aryl methyl sites for hydroxylation is 1. The van der Waals surface area contributed by atoms with Crippen molar-refractivity contribution in [3.63, 3.8) is 0 Å². The van der Waals surface area contributed by atoms with Crippen LogP contribution in [0.5, 0.6) is 28.7 Å². The number of hydrogen-bond donors (Lipinski definition) is 1. The predicted octanol–water partition coefficient (Wildman–Crippen LogP) is 3.48. The summed E-state index contributed by atoms with van der Waals surface area (Å²) < 4.78 is 22.4. The van der Waals surface area contributed by atoms with Crippen LogP contribution in [0, 0.1) is 6.92 Å². The van der Waals surface area contributed by atoms with E-state index in [1.807, 2.05) is 6.92 Å². The first-order valence-corrected chi connectivity index (χ1v) is 11.4. The van der Waals surface area contributed by atoms with E-state index in [9.17, 15) is 9.90 Å².